The first-order valence-electron chi connectivity index (χ1n) is 4.88. The van der Waals surface area contributed by atoms with E-state index in [1.807, 2.05) is 0 Å². The molecule has 13 heavy (non-hydrogen) atoms. The van der Waals surface area contributed by atoms with Gasteiger partial charge < -0.3 is 20.3 Å². The zero-order chi connectivity index (χ0) is 9.52. The summed E-state index contributed by atoms with van der Waals surface area (Å²) in [6, 6.07) is 0. The number of rotatable bonds is 5. The Morgan fingerprint density at radius 1 is 1.62 bits per heavy atom. The Kier molecular flexibility index (Phi) is 5.31. The molecule has 3 N–H and O–H groups in total. The second-order valence-corrected chi connectivity index (χ2v) is 3.35. The average molecular weight is 189 g/mol. The van der Waals surface area contributed by atoms with E-state index in [-0.39, 0.29) is 12.7 Å². The van der Waals surface area contributed by atoms with Crippen molar-refractivity contribution in [1.29, 1.82) is 0 Å². The highest BCUT2D eigenvalue weighted by Gasteiger charge is 2.23. The summed E-state index contributed by atoms with van der Waals surface area (Å²) < 4.78 is 10.8. The fourth-order valence-corrected chi connectivity index (χ4v) is 1.66. The second-order valence-electron chi connectivity index (χ2n) is 3.35. The van der Waals surface area contributed by atoms with Crippen LogP contribution in [0.15, 0.2) is 0 Å². The zero-order valence-electron chi connectivity index (χ0n) is 7.95. The number of aliphatic hydroxyl groups is 1. The van der Waals surface area contributed by atoms with Gasteiger partial charge in [-0.25, -0.2) is 0 Å². The summed E-state index contributed by atoms with van der Waals surface area (Å²) >= 11 is 0. The molecule has 2 atom stereocenters. The Morgan fingerprint density at radius 2 is 2.46 bits per heavy atom. The minimum Gasteiger partial charge on any atom is -0.394 e. The van der Waals surface area contributed by atoms with E-state index < -0.39 is 0 Å². The quantitative estimate of drug-likeness (QED) is 0.626. The van der Waals surface area contributed by atoms with Gasteiger partial charge in [0.1, 0.15) is 0 Å². The number of hydrogen-bond acceptors (Lipinski definition) is 4. The lowest BCUT2D eigenvalue weighted by atomic mass is 9.96. The number of ether oxygens (including phenoxy) is 2. The maximum Gasteiger partial charge on any atom is 0.0748 e. The summed E-state index contributed by atoms with van der Waals surface area (Å²) in [5, 5.41) is 8.61. The van der Waals surface area contributed by atoms with Gasteiger partial charge >= 0.3 is 0 Å². The Labute approximate surface area is 79.0 Å². The standard InChI is InChI=1S/C9H19NO3/c10-6-9(13-5-3-11)8-2-1-4-12-7-8/h8-9,11H,1-7,10H2. The molecule has 1 aliphatic rings. The molecule has 1 fully saturated rings. The van der Waals surface area contributed by atoms with Gasteiger partial charge in [0.2, 0.25) is 0 Å². The molecule has 0 aromatic rings. The lowest BCUT2D eigenvalue weighted by molar-refractivity contribution is -0.0503. The normalized spacial score (nSPS) is 25.8. The number of hydrogen-bond donors (Lipinski definition) is 2. The van der Waals surface area contributed by atoms with E-state index in [0.717, 1.165) is 26.1 Å². The molecule has 0 aliphatic carbocycles. The van der Waals surface area contributed by atoms with Crippen molar-refractivity contribution < 1.29 is 14.6 Å². The molecule has 0 bridgehead atoms. The third-order valence-electron chi connectivity index (χ3n) is 2.38. The maximum atomic E-state index is 8.61. The molecule has 1 aliphatic heterocycles. The lowest BCUT2D eigenvalue weighted by Gasteiger charge is -2.29. The summed E-state index contributed by atoms with van der Waals surface area (Å²) in [5.74, 6) is 0.408. The zero-order valence-corrected chi connectivity index (χ0v) is 7.95. The van der Waals surface area contributed by atoms with Gasteiger partial charge in [0.15, 0.2) is 0 Å². The van der Waals surface area contributed by atoms with E-state index in [9.17, 15) is 0 Å². The van der Waals surface area contributed by atoms with Crippen LogP contribution in [0.4, 0.5) is 0 Å². The van der Waals surface area contributed by atoms with Crippen LogP contribution in [-0.2, 0) is 9.47 Å². The molecule has 4 nitrogen and oxygen atoms in total. The van der Waals surface area contributed by atoms with E-state index in [0.29, 0.717) is 19.1 Å². The minimum atomic E-state index is 0.0486. The monoisotopic (exact) mass is 189 g/mol. The first kappa shape index (κ1) is 10.9. The number of nitrogens with two attached hydrogens (primary N) is 1. The number of aliphatic hydroxyl groups excluding tert-OH is 1. The van der Waals surface area contributed by atoms with Gasteiger partial charge in [-0.15, -0.1) is 0 Å². The van der Waals surface area contributed by atoms with Crippen LogP contribution < -0.4 is 5.73 Å². The second kappa shape index (κ2) is 6.32. The van der Waals surface area contributed by atoms with Crippen LogP contribution in [0.3, 0.4) is 0 Å². The molecule has 0 aromatic carbocycles. The van der Waals surface area contributed by atoms with Crippen LogP contribution in [0.2, 0.25) is 0 Å². The molecular weight excluding hydrogens is 170 g/mol. The van der Waals surface area contributed by atoms with Gasteiger partial charge in [-0.05, 0) is 12.8 Å². The summed E-state index contributed by atoms with van der Waals surface area (Å²) in [4.78, 5) is 0. The average Bonchev–Trinajstić information content (AvgIpc) is 2.21. The van der Waals surface area contributed by atoms with Crippen molar-refractivity contribution in [3.8, 4) is 0 Å². The molecule has 78 valence electrons. The molecule has 2 unspecified atom stereocenters. The molecule has 1 heterocycles. The van der Waals surface area contributed by atoms with Crippen LogP contribution in [-0.4, -0.2) is 44.2 Å². The Hall–Kier alpha value is -0.160. The van der Waals surface area contributed by atoms with E-state index in [1.165, 1.54) is 0 Å². The summed E-state index contributed by atoms with van der Waals surface area (Å²) in [6.07, 6.45) is 2.25. The van der Waals surface area contributed by atoms with Gasteiger partial charge in [-0.1, -0.05) is 0 Å². The van der Waals surface area contributed by atoms with E-state index in [2.05, 4.69) is 0 Å². The maximum absolute atomic E-state index is 8.61. The van der Waals surface area contributed by atoms with Crippen molar-refractivity contribution in [3.63, 3.8) is 0 Å². The van der Waals surface area contributed by atoms with Gasteiger partial charge in [0.05, 0.1) is 25.9 Å². The SMILES string of the molecule is NCC(OCCO)C1CCCOC1. The molecule has 1 rings (SSSR count). The predicted octanol–water partition coefficient (Wildman–Crippen LogP) is -0.251. The smallest absolute Gasteiger partial charge is 0.0748 e. The van der Waals surface area contributed by atoms with Gasteiger partial charge in [-0.2, -0.15) is 0 Å². The highest BCUT2D eigenvalue weighted by Crippen LogP contribution is 2.18. The van der Waals surface area contributed by atoms with Crippen LogP contribution in [0, 0.1) is 5.92 Å². The van der Waals surface area contributed by atoms with Crippen molar-refractivity contribution in [3.05, 3.63) is 0 Å². The summed E-state index contributed by atoms with van der Waals surface area (Å²) in [7, 11) is 0. The van der Waals surface area contributed by atoms with Crippen molar-refractivity contribution in [2.75, 3.05) is 33.0 Å². The van der Waals surface area contributed by atoms with Crippen LogP contribution in [0.25, 0.3) is 0 Å². The van der Waals surface area contributed by atoms with E-state index >= 15 is 0 Å². The van der Waals surface area contributed by atoms with Crippen molar-refractivity contribution >= 4 is 0 Å². The lowest BCUT2D eigenvalue weighted by Crippen LogP contribution is -2.37. The highest BCUT2D eigenvalue weighted by molar-refractivity contribution is 4.73. The third-order valence-corrected chi connectivity index (χ3v) is 2.38. The topological polar surface area (TPSA) is 64.7 Å². The van der Waals surface area contributed by atoms with E-state index in [4.69, 9.17) is 20.3 Å². The molecule has 1 saturated heterocycles. The Morgan fingerprint density at radius 3 is 3.00 bits per heavy atom. The molecule has 0 aromatic heterocycles. The third kappa shape index (κ3) is 3.60. The van der Waals surface area contributed by atoms with Gasteiger partial charge in [-0.3, -0.25) is 0 Å². The predicted molar refractivity (Wildman–Crippen MR) is 49.4 cm³/mol. The molecule has 0 spiro atoms. The largest absolute Gasteiger partial charge is 0.394 e. The summed E-state index contributed by atoms with van der Waals surface area (Å²) in [6.45, 7) is 2.54. The van der Waals surface area contributed by atoms with Gasteiger partial charge in [0, 0.05) is 19.1 Å². The first-order valence-corrected chi connectivity index (χ1v) is 4.88. The molecule has 0 amide bonds. The van der Waals surface area contributed by atoms with Crippen LogP contribution in [0.1, 0.15) is 12.8 Å². The fourth-order valence-electron chi connectivity index (χ4n) is 1.66. The molecule has 0 saturated carbocycles. The Balaban J connectivity index is 2.26. The van der Waals surface area contributed by atoms with Crippen molar-refractivity contribution in [2.45, 2.75) is 18.9 Å². The molecule has 0 radical (unpaired) electrons. The minimum absolute atomic E-state index is 0.0486. The van der Waals surface area contributed by atoms with Crippen LogP contribution >= 0.6 is 0 Å². The van der Waals surface area contributed by atoms with Gasteiger partial charge in [0.25, 0.3) is 0 Å². The highest BCUT2D eigenvalue weighted by atomic mass is 16.5. The first-order chi connectivity index (χ1) is 6.38. The summed E-state index contributed by atoms with van der Waals surface area (Å²) in [5.41, 5.74) is 5.58. The Bertz CT molecular complexity index is 126. The molecular formula is C9H19NO3. The fraction of sp³-hybridized carbons (Fsp3) is 1.00. The van der Waals surface area contributed by atoms with E-state index in [1.54, 1.807) is 0 Å². The van der Waals surface area contributed by atoms with Crippen LogP contribution in [0.5, 0.6) is 0 Å². The van der Waals surface area contributed by atoms with Crippen molar-refractivity contribution in [1.82, 2.24) is 0 Å². The van der Waals surface area contributed by atoms with Crippen molar-refractivity contribution in [2.24, 2.45) is 11.7 Å². The molecule has 4 heteroatoms.